The second-order valence-corrected chi connectivity index (χ2v) is 9.03. The summed E-state index contributed by atoms with van der Waals surface area (Å²) in [4.78, 5) is 14.1. The molecule has 0 saturated carbocycles. The van der Waals surface area contributed by atoms with Crippen LogP contribution in [0, 0.1) is 6.92 Å². The summed E-state index contributed by atoms with van der Waals surface area (Å²) in [5, 5.41) is 13.4. The lowest BCUT2D eigenvalue weighted by atomic mass is 9.96. The lowest BCUT2D eigenvalue weighted by molar-refractivity contribution is 0.482. The van der Waals surface area contributed by atoms with Crippen molar-refractivity contribution in [1.82, 2.24) is 29.8 Å². The van der Waals surface area contributed by atoms with Crippen molar-refractivity contribution in [2.75, 3.05) is 29.9 Å². The minimum atomic E-state index is -0.116. The van der Waals surface area contributed by atoms with Gasteiger partial charge in [0.1, 0.15) is 5.82 Å². The molecule has 0 aliphatic carbocycles. The van der Waals surface area contributed by atoms with E-state index < -0.39 is 0 Å². The van der Waals surface area contributed by atoms with Crippen LogP contribution in [0.5, 0.6) is 0 Å². The van der Waals surface area contributed by atoms with Crippen LogP contribution < -0.4 is 9.80 Å². The molecule has 0 radical (unpaired) electrons. The summed E-state index contributed by atoms with van der Waals surface area (Å²) in [6, 6.07) is 12.4. The molecule has 8 nitrogen and oxygen atoms in total. The zero-order valence-corrected chi connectivity index (χ0v) is 18.0. The molecule has 3 aromatic heterocycles. The SMILES string of the molecule is Cc1nc2ccccc2nc1N(C)C1CN(c2ccc3nnc(C(C)(C)C)n3n2)C1. The smallest absolute Gasteiger partial charge is 0.178 e. The number of aromatic nitrogens is 6. The van der Waals surface area contributed by atoms with Crippen molar-refractivity contribution in [3.63, 3.8) is 0 Å². The van der Waals surface area contributed by atoms with E-state index in [1.165, 1.54) is 0 Å². The van der Waals surface area contributed by atoms with Gasteiger partial charge in [0.05, 0.1) is 22.8 Å². The number of anilines is 2. The normalized spacial score (nSPS) is 15.0. The number of nitrogens with zero attached hydrogens (tertiary/aromatic N) is 8. The van der Waals surface area contributed by atoms with E-state index >= 15 is 0 Å². The number of aryl methyl sites for hydroxylation is 1. The highest BCUT2D eigenvalue weighted by Crippen LogP contribution is 2.28. The fraction of sp³-hybridized carbons (Fsp3) is 0.409. The standard InChI is InChI=1S/C22H26N8/c1-14-20(24-17-9-7-6-8-16(17)23-14)28(5)15-12-29(13-15)19-11-10-18-25-26-21(22(2,3)4)30(18)27-19/h6-11,15H,12-13H2,1-5H3. The van der Waals surface area contributed by atoms with Crippen LogP contribution in [0.15, 0.2) is 36.4 Å². The Bertz CT molecular complexity index is 1230. The van der Waals surface area contributed by atoms with Crippen LogP contribution in [0.25, 0.3) is 16.7 Å². The van der Waals surface area contributed by atoms with E-state index in [4.69, 9.17) is 15.1 Å². The van der Waals surface area contributed by atoms with E-state index in [0.29, 0.717) is 6.04 Å². The van der Waals surface area contributed by atoms with E-state index in [0.717, 1.165) is 52.9 Å². The Hall–Kier alpha value is -3.29. The van der Waals surface area contributed by atoms with Crippen LogP contribution in [0.4, 0.5) is 11.6 Å². The number of benzene rings is 1. The van der Waals surface area contributed by atoms with Crippen LogP contribution in [0.2, 0.25) is 0 Å². The van der Waals surface area contributed by atoms with E-state index in [1.54, 1.807) is 0 Å². The van der Waals surface area contributed by atoms with Gasteiger partial charge in [-0.25, -0.2) is 9.97 Å². The topological polar surface area (TPSA) is 75.3 Å². The zero-order chi connectivity index (χ0) is 21.0. The first-order valence-electron chi connectivity index (χ1n) is 10.3. The van der Waals surface area contributed by atoms with E-state index in [9.17, 15) is 0 Å². The first kappa shape index (κ1) is 18.7. The fourth-order valence-electron chi connectivity index (χ4n) is 3.89. The van der Waals surface area contributed by atoms with Gasteiger partial charge < -0.3 is 9.80 Å². The van der Waals surface area contributed by atoms with Gasteiger partial charge in [-0.05, 0) is 31.2 Å². The lowest BCUT2D eigenvalue weighted by Crippen LogP contribution is -2.59. The number of hydrogen-bond donors (Lipinski definition) is 0. The summed E-state index contributed by atoms with van der Waals surface area (Å²) < 4.78 is 1.87. The van der Waals surface area contributed by atoms with Crippen molar-refractivity contribution in [1.29, 1.82) is 0 Å². The average molecular weight is 403 g/mol. The second kappa shape index (κ2) is 6.62. The number of fused-ring (bicyclic) bond motifs is 2. The molecule has 0 atom stereocenters. The maximum Gasteiger partial charge on any atom is 0.178 e. The quantitative estimate of drug-likeness (QED) is 0.521. The highest BCUT2D eigenvalue weighted by molar-refractivity contribution is 5.76. The molecule has 1 aromatic carbocycles. The molecule has 30 heavy (non-hydrogen) atoms. The van der Waals surface area contributed by atoms with Gasteiger partial charge in [0.15, 0.2) is 17.3 Å². The molecule has 154 valence electrons. The van der Waals surface area contributed by atoms with Crippen molar-refractivity contribution in [2.45, 2.75) is 39.2 Å². The van der Waals surface area contributed by atoms with Gasteiger partial charge in [-0.2, -0.15) is 4.52 Å². The van der Waals surface area contributed by atoms with Crippen molar-refractivity contribution >= 4 is 28.3 Å². The third kappa shape index (κ3) is 3.03. The third-order valence-corrected chi connectivity index (χ3v) is 5.71. The lowest BCUT2D eigenvalue weighted by Gasteiger charge is -2.45. The zero-order valence-electron chi connectivity index (χ0n) is 18.0. The molecule has 4 heterocycles. The van der Waals surface area contributed by atoms with Gasteiger partial charge in [-0.1, -0.05) is 32.9 Å². The van der Waals surface area contributed by atoms with Gasteiger partial charge in [-0.15, -0.1) is 15.3 Å². The van der Waals surface area contributed by atoms with Crippen LogP contribution in [-0.4, -0.2) is 56.0 Å². The van der Waals surface area contributed by atoms with Crippen molar-refractivity contribution in [3.05, 3.63) is 47.9 Å². The van der Waals surface area contributed by atoms with Crippen molar-refractivity contribution < 1.29 is 0 Å². The first-order chi connectivity index (χ1) is 14.3. The minimum Gasteiger partial charge on any atom is -0.352 e. The molecule has 8 heteroatoms. The molecule has 1 fully saturated rings. The Morgan fingerprint density at radius 3 is 2.37 bits per heavy atom. The molecule has 0 spiro atoms. The highest BCUT2D eigenvalue weighted by Gasteiger charge is 2.33. The fourth-order valence-corrected chi connectivity index (χ4v) is 3.89. The number of hydrogen-bond acceptors (Lipinski definition) is 7. The molecule has 5 rings (SSSR count). The average Bonchev–Trinajstić information content (AvgIpc) is 3.10. The summed E-state index contributed by atoms with van der Waals surface area (Å²) in [5.74, 6) is 2.75. The van der Waals surface area contributed by atoms with E-state index in [-0.39, 0.29) is 5.41 Å². The summed E-state index contributed by atoms with van der Waals surface area (Å²) in [5.41, 5.74) is 3.47. The number of likely N-dealkylation sites (N-methyl/N-ethyl adjacent to an activating group) is 1. The summed E-state index contributed by atoms with van der Waals surface area (Å²) >= 11 is 0. The van der Waals surface area contributed by atoms with Crippen LogP contribution in [0.3, 0.4) is 0 Å². The van der Waals surface area contributed by atoms with E-state index in [1.807, 2.05) is 47.8 Å². The highest BCUT2D eigenvalue weighted by atomic mass is 15.4. The molecular weight excluding hydrogens is 376 g/mol. The Morgan fingerprint density at radius 1 is 0.967 bits per heavy atom. The summed E-state index contributed by atoms with van der Waals surface area (Å²) in [6.07, 6.45) is 0. The minimum absolute atomic E-state index is 0.116. The van der Waals surface area contributed by atoms with Crippen LogP contribution in [0.1, 0.15) is 32.3 Å². The molecular formula is C22H26N8. The molecule has 0 unspecified atom stereocenters. The maximum absolute atomic E-state index is 4.86. The second-order valence-electron chi connectivity index (χ2n) is 9.03. The monoisotopic (exact) mass is 402 g/mol. The summed E-state index contributed by atoms with van der Waals surface area (Å²) in [6.45, 7) is 10.2. The van der Waals surface area contributed by atoms with Gasteiger partial charge >= 0.3 is 0 Å². The molecule has 1 saturated heterocycles. The van der Waals surface area contributed by atoms with Gasteiger partial charge in [-0.3, -0.25) is 0 Å². The van der Waals surface area contributed by atoms with E-state index in [2.05, 4.69) is 47.8 Å². The molecule has 1 aliphatic heterocycles. The van der Waals surface area contributed by atoms with Gasteiger partial charge in [0.2, 0.25) is 0 Å². The van der Waals surface area contributed by atoms with Crippen LogP contribution >= 0.6 is 0 Å². The maximum atomic E-state index is 4.86. The molecule has 0 N–H and O–H groups in total. The van der Waals surface area contributed by atoms with Crippen LogP contribution in [-0.2, 0) is 5.41 Å². The van der Waals surface area contributed by atoms with Gasteiger partial charge in [0.25, 0.3) is 0 Å². The first-order valence-corrected chi connectivity index (χ1v) is 10.3. The number of para-hydroxylation sites is 2. The predicted octanol–water partition coefficient (Wildman–Crippen LogP) is 3.00. The third-order valence-electron chi connectivity index (χ3n) is 5.71. The summed E-state index contributed by atoms with van der Waals surface area (Å²) in [7, 11) is 2.10. The molecule has 0 bridgehead atoms. The number of rotatable bonds is 3. The Morgan fingerprint density at radius 2 is 1.67 bits per heavy atom. The van der Waals surface area contributed by atoms with Crippen molar-refractivity contribution in [3.8, 4) is 0 Å². The van der Waals surface area contributed by atoms with Gasteiger partial charge in [0, 0.05) is 25.6 Å². The molecule has 0 amide bonds. The van der Waals surface area contributed by atoms with Crippen molar-refractivity contribution in [2.24, 2.45) is 0 Å². The molecule has 4 aromatic rings. The Balaban J connectivity index is 1.37. The Kier molecular flexibility index (Phi) is 4.13. The molecule has 1 aliphatic rings. The Labute approximate surface area is 175 Å². The largest absolute Gasteiger partial charge is 0.352 e. The predicted molar refractivity (Wildman–Crippen MR) is 118 cm³/mol.